The van der Waals surface area contributed by atoms with Crippen LogP contribution in [0.2, 0.25) is 0 Å². The van der Waals surface area contributed by atoms with E-state index in [1.807, 2.05) is 57.4 Å². The van der Waals surface area contributed by atoms with Crippen LogP contribution in [0.15, 0.2) is 72.8 Å². The summed E-state index contributed by atoms with van der Waals surface area (Å²) in [5.41, 5.74) is 3.48. The number of carbonyl (C=O) groups is 2. The van der Waals surface area contributed by atoms with Gasteiger partial charge in [0.1, 0.15) is 5.75 Å². The molecule has 0 aromatic heterocycles. The summed E-state index contributed by atoms with van der Waals surface area (Å²) >= 11 is 0. The summed E-state index contributed by atoms with van der Waals surface area (Å²) in [5.74, 6) is -0.308. The summed E-state index contributed by atoms with van der Waals surface area (Å²) in [5, 5.41) is 17.8. The van der Waals surface area contributed by atoms with Crippen molar-refractivity contribution in [1.29, 1.82) is 0 Å². The molecule has 0 atom stereocenters. The van der Waals surface area contributed by atoms with E-state index in [2.05, 4.69) is 16.0 Å². The highest BCUT2D eigenvalue weighted by molar-refractivity contribution is 6.05. The van der Waals surface area contributed by atoms with Crippen LogP contribution in [0.4, 0.5) is 11.4 Å². The minimum Gasteiger partial charge on any atom is -0.508 e. The van der Waals surface area contributed by atoms with Crippen molar-refractivity contribution in [3.8, 4) is 5.75 Å². The molecule has 3 aromatic carbocycles. The molecule has 0 spiro atoms. The van der Waals surface area contributed by atoms with E-state index < -0.39 is 0 Å². The van der Waals surface area contributed by atoms with E-state index in [-0.39, 0.29) is 24.0 Å². The highest BCUT2D eigenvalue weighted by Gasteiger charge is 2.10. The minimum atomic E-state index is -0.286. The van der Waals surface area contributed by atoms with E-state index in [1.165, 1.54) is 12.1 Å². The van der Waals surface area contributed by atoms with Crippen LogP contribution in [0.3, 0.4) is 0 Å². The monoisotopic (exact) mass is 405 g/mol. The molecule has 4 N–H and O–H groups in total. The van der Waals surface area contributed by atoms with Gasteiger partial charge in [0.2, 0.25) is 5.91 Å². The molecule has 0 unspecified atom stereocenters. The molecule has 0 heterocycles. The van der Waals surface area contributed by atoms with Crippen molar-refractivity contribution in [2.75, 3.05) is 24.7 Å². The Kier molecular flexibility index (Phi) is 8.59. The molecule has 0 aliphatic carbocycles. The maximum absolute atomic E-state index is 12.4. The van der Waals surface area contributed by atoms with E-state index in [0.717, 1.165) is 11.1 Å². The van der Waals surface area contributed by atoms with Crippen molar-refractivity contribution < 1.29 is 14.7 Å². The number of phenolic OH excluding ortho intramolecular Hbond substituents is 1. The SMILES string of the molecule is CNC.Cc1ccc(NC(=O)Cc2ccccc2)cc1NC(=O)c1ccc(O)cc1. The zero-order valence-corrected chi connectivity index (χ0v) is 17.4. The molecule has 2 amide bonds. The Hall–Kier alpha value is -3.64. The second kappa shape index (κ2) is 11.4. The number of nitrogens with one attached hydrogen (secondary N) is 3. The van der Waals surface area contributed by atoms with Gasteiger partial charge in [-0.3, -0.25) is 9.59 Å². The average molecular weight is 405 g/mol. The van der Waals surface area contributed by atoms with Crippen molar-refractivity contribution in [2.45, 2.75) is 13.3 Å². The number of carbonyl (C=O) groups excluding carboxylic acids is 2. The van der Waals surface area contributed by atoms with Crippen LogP contribution in [0.5, 0.6) is 5.75 Å². The van der Waals surface area contributed by atoms with Gasteiger partial charge in [0.05, 0.1) is 6.42 Å². The molecule has 0 bridgehead atoms. The predicted molar refractivity (Wildman–Crippen MR) is 121 cm³/mol. The summed E-state index contributed by atoms with van der Waals surface area (Å²) < 4.78 is 0. The van der Waals surface area contributed by atoms with E-state index in [0.29, 0.717) is 16.9 Å². The van der Waals surface area contributed by atoms with Gasteiger partial charge in [0, 0.05) is 16.9 Å². The Morgan fingerprint density at radius 2 is 1.50 bits per heavy atom. The number of hydrogen-bond donors (Lipinski definition) is 4. The Morgan fingerprint density at radius 3 is 2.13 bits per heavy atom. The average Bonchev–Trinajstić information content (AvgIpc) is 2.72. The molecule has 0 saturated carbocycles. The molecule has 0 aliphatic heterocycles. The number of anilines is 2. The number of rotatable bonds is 5. The zero-order chi connectivity index (χ0) is 21.9. The van der Waals surface area contributed by atoms with Gasteiger partial charge in [0.15, 0.2) is 0 Å². The molecular weight excluding hydrogens is 378 g/mol. The van der Waals surface area contributed by atoms with E-state index >= 15 is 0 Å². The van der Waals surface area contributed by atoms with E-state index in [1.54, 1.807) is 24.3 Å². The second-order valence-corrected chi connectivity index (χ2v) is 6.74. The van der Waals surface area contributed by atoms with Crippen LogP contribution in [-0.4, -0.2) is 31.0 Å². The standard InChI is InChI=1S/C22H20N2O3.C2H7N/c1-15-7-10-18(23-21(26)13-16-5-3-2-4-6-16)14-20(15)24-22(27)17-8-11-19(25)12-9-17;1-3-2/h2-12,14,25H,13H2,1H3,(H,23,26)(H,24,27);3H,1-2H3. The van der Waals surface area contributed by atoms with Crippen molar-refractivity contribution >= 4 is 23.2 Å². The molecule has 0 radical (unpaired) electrons. The lowest BCUT2D eigenvalue weighted by molar-refractivity contribution is -0.115. The quantitative estimate of drug-likeness (QED) is 0.517. The van der Waals surface area contributed by atoms with Crippen LogP contribution < -0.4 is 16.0 Å². The van der Waals surface area contributed by atoms with Gasteiger partial charge in [-0.25, -0.2) is 0 Å². The van der Waals surface area contributed by atoms with Crippen molar-refractivity contribution in [1.82, 2.24) is 5.32 Å². The van der Waals surface area contributed by atoms with Gasteiger partial charge < -0.3 is 21.1 Å². The van der Waals surface area contributed by atoms with Crippen molar-refractivity contribution in [2.24, 2.45) is 0 Å². The van der Waals surface area contributed by atoms with E-state index in [9.17, 15) is 14.7 Å². The molecule has 0 saturated heterocycles. The molecule has 156 valence electrons. The van der Waals surface area contributed by atoms with Gasteiger partial charge >= 0.3 is 0 Å². The number of aromatic hydroxyl groups is 1. The van der Waals surface area contributed by atoms with Crippen LogP contribution in [0.25, 0.3) is 0 Å². The smallest absolute Gasteiger partial charge is 0.255 e. The predicted octanol–water partition coefficient (Wildman–Crippen LogP) is 3.97. The fraction of sp³-hybridized carbons (Fsp3) is 0.167. The number of amides is 2. The number of benzene rings is 3. The molecule has 0 fully saturated rings. The second-order valence-electron chi connectivity index (χ2n) is 6.74. The lowest BCUT2D eigenvalue weighted by atomic mass is 10.1. The summed E-state index contributed by atoms with van der Waals surface area (Å²) in [6.07, 6.45) is 0.282. The van der Waals surface area contributed by atoms with Crippen LogP contribution in [0, 0.1) is 6.92 Å². The minimum absolute atomic E-state index is 0.103. The molecule has 3 rings (SSSR count). The fourth-order valence-electron chi connectivity index (χ4n) is 2.63. The maximum atomic E-state index is 12.4. The normalized spacial score (nSPS) is 9.83. The third kappa shape index (κ3) is 7.07. The first-order valence-corrected chi connectivity index (χ1v) is 9.56. The first-order chi connectivity index (χ1) is 14.4. The van der Waals surface area contributed by atoms with Crippen molar-refractivity contribution in [3.63, 3.8) is 0 Å². The first-order valence-electron chi connectivity index (χ1n) is 9.56. The molecule has 6 nitrogen and oxygen atoms in total. The summed E-state index contributed by atoms with van der Waals surface area (Å²) in [7, 11) is 3.75. The Bertz CT molecular complexity index is 971. The van der Waals surface area contributed by atoms with Gasteiger partial charge in [-0.05, 0) is 68.5 Å². The van der Waals surface area contributed by atoms with Crippen LogP contribution in [-0.2, 0) is 11.2 Å². The van der Waals surface area contributed by atoms with Gasteiger partial charge in [-0.1, -0.05) is 36.4 Å². The highest BCUT2D eigenvalue weighted by Crippen LogP contribution is 2.22. The number of phenols is 1. The largest absolute Gasteiger partial charge is 0.508 e. The molecule has 6 heteroatoms. The summed E-state index contributed by atoms with van der Waals surface area (Å²) in [4.78, 5) is 24.6. The van der Waals surface area contributed by atoms with Gasteiger partial charge in [0.25, 0.3) is 5.91 Å². The molecule has 30 heavy (non-hydrogen) atoms. The Balaban J connectivity index is 0.00000101. The summed E-state index contributed by atoms with van der Waals surface area (Å²) in [6.45, 7) is 1.88. The lowest BCUT2D eigenvalue weighted by Crippen LogP contribution is -2.16. The molecule has 0 aliphatic rings. The Labute approximate surface area is 177 Å². The molecular formula is C24H27N3O3. The zero-order valence-electron chi connectivity index (χ0n) is 17.4. The fourth-order valence-corrected chi connectivity index (χ4v) is 2.63. The number of hydrogen-bond acceptors (Lipinski definition) is 4. The third-order valence-corrected chi connectivity index (χ3v) is 4.11. The topological polar surface area (TPSA) is 90.5 Å². The van der Waals surface area contributed by atoms with Crippen molar-refractivity contribution in [3.05, 3.63) is 89.5 Å². The third-order valence-electron chi connectivity index (χ3n) is 4.11. The van der Waals surface area contributed by atoms with Crippen LogP contribution >= 0.6 is 0 Å². The number of aryl methyl sites for hydroxylation is 1. The van der Waals surface area contributed by atoms with Crippen LogP contribution in [0.1, 0.15) is 21.5 Å². The first kappa shape index (κ1) is 22.6. The highest BCUT2D eigenvalue weighted by atomic mass is 16.3. The maximum Gasteiger partial charge on any atom is 0.255 e. The Morgan fingerprint density at radius 1 is 0.867 bits per heavy atom. The van der Waals surface area contributed by atoms with Gasteiger partial charge in [-0.2, -0.15) is 0 Å². The lowest BCUT2D eigenvalue weighted by Gasteiger charge is -2.12. The van der Waals surface area contributed by atoms with E-state index in [4.69, 9.17) is 0 Å². The molecule has 3 aromatic rings. The summed E-state index contributed by atoms with van der Waals surface area (Å²) in [6, 6.07) is 20.9. The van der Waals surface area contributed by atoms with Gasteiger partial charge in [-0.15, -0.1) is 0 Å².